The molecule has 2 heteroatoms. The van der Waals surface area contributed by atoms with Crippen LogP contribution in [0.4, 0.5) is 0 Å². The molecule has 2 nitrogen and oxygen atoms in total. The molecule has 0 saturated heterocycles. The Kier molecular flexibility index (Phi) is 10.2. The van der Waals surface area contributed by atoms with E-state index in [9.17, 15) is 4.79 Å². The third-order valence-corrected chi connectivity index (χ3v) is 9.66. The number of ether oxygens (including phenoxy) is 1. The van der Waals surface area contributed by atoms with Gasteiger partial charge < -0.3 is 4.74 Å². The van der Waals surface area contributed by atoms with E-state index >= 15 is 0 Å². The van der Waals surface area contributed by atoms with Crippen molar-refractivity contribution in [3.05, 3.63) is 0 Å². The van der Waals surface area contributed by atoms with Crippen LogP contribution in [0.1, 0.15) is 149 Å². The number of carbonyl (C=O) groups is 1. The molecule has 0 amide bonds. The number of esters is 1. The fraction of sp³-hybridized carbons (Fsp3) is 0.966. The Morgan fingerprint density at radius 2 is 1.29 bits per heavy atom. The highest BCUT2D eigenvalue weighted by Gasteiger charge is 2.57. The molecule has 0 aromatic rings. The van der Waals surface area contributed by atoms with Gasteiger partial charge in [0.2, 0.25) is 0 Å². The van der Waals surface area contributed by atoms with E-state index in [1.54, 1.807) is 0 Å². The highest BCUT2D eigenvalue weighted by atomic mass is 16.5. The van der Waals surface area contributed by atoms with Crippen LogP contribution in [0.5, 0.6) is 0 Å². The van der Waals surface area contributed by atoms with Crippen LogP contribution < -0.4 is 0 Å². The Morgan fingerprint density at radius 1 is 0.710 bits per heavy atom. The van der Waals surface area contributed by atoms with Gasteiger partial charge in [-0.3, -0.25) is 4.79 Å². The lowest BCUT2D eigenvalue weighted by molar-refractivity contribution is -0.175. The Balaban J connectivity index is 1.75. The van der Waals surface area contributed by atoms with Crippen LogP contribution in [0.2, 0.25) is 0 Å². The highest BCUT2D eigenvalue weighted by Crippen LogP contribution is 2.61. The maximum atomic E-state index is 13.8. The molecule has 3 aliphatic carbocycles. The number of carbonyl (C=O) groups excluding carboxylic acids is 1. The molecule has 31 heavy (non-hydrogen) atoms. The van der Waals surface area contributed by atoms with Crippen molar-refractivity contribution in [2.75, 3.05) is 6.61 Å². The summed E-state index contributed by atoms with van der Waals surface area (Å²) < 4.78 is 6.08. The average molecular weight is 433 g/mol. The van der Waals surface area contributed by atoms with Gasteiger partial charge in [0, 0.05) is 0 Å². The zero-order chi connectivity index (χ0) is 22.0. The van der Waals surface area contributed by atoms with E-state index in [0.717, 1.165) is 31.1 Å². The molecule has 0 unspecified atom stereocenters. The third kappa shape index (κ3) is 6.08. The van der Waals surface area contributed by atoms with Crippen molar-refractivity contribution in [1.82, 2.24) is 0 Å². The van der Waals surface area contributed by atoms with Gasteiger partial charge in [-0.1, -0.05) is 97.3 Å². The molecule has 3 fully saturated rings. The first-order chi connectivity index (χ1) is 15.2. The van der Waals surface area contributed by atoms with Crippen LogP contribution in [0.3, 0.4) is 0 Å². The average Bonchev–Trinajstić information content (AvgIpc) is 2.83. The van der Waals surface area contributed by atoms with Crippen molar-refractivity contribution in [2.45, 2.75) is 149 Å². The number of hydrogen-bond donors (Lipinski definition) is 0. The van der Waals surface area contributed by atoms with E-state index in [0.29, 0.717) is 6.61 Å². The van der Waals surface area contributed by atoms with Gasteiger partial charge in [-0.05, 0) is 68.6 Å². The fourth-order valence-electron chi connectivity index (χ4n) is 7.71. The van der Waals surface area contributed by atoms with Crippen molar-refractivity contribution < 1.29 is 9.53 Å². The topological polar surface area (TPSA) is 26.3 Å². The molecular formula is C29H52O2. The lowest BCUT2D eigenvalue weighted by atomic mass is 9.49. The first-order valence-electron chi connectivity index (χ1n) is 14.3. The van der Waals surface area contributed by atoms with E-state index in [-0.39, 0.29) is 16.8 Å². The largest absolute Gasteiger partial charge is 0.465 e. The Bertz CT molecular complexity index is 505. The predicted molar refractivity (Wildman–Crippen MR) is 131 cm³/mol. The summed E-state index contributed by atoms with van der Waals surface area (Å²) >= 11 is 0. The summed E-state index contributed by atoms with van der Waals surface area (Å²) in [6.45, 7) is 5.17. The van der Waals surface area contributed by atoms with Gasteiger partial charge in [0.1, 0.15) is 0 Å². The van der Waals surface area contributed by atoms with Gasteiger partial charge in [0.15, 0.2) is 0 Å². The molecule has 0 aromatic carbocycles. The molecule has 0 N–H and O–H groups in total. The second-order valence-corrected chi connectivity index (χ2v) is 11.5. The predicted octanol–water partition coefficient (Wildman–Crippen LogP) is 9.01. The number of hydrogen-bond acceptors (Lipinski definition) is 2. The molecular weight excluding hydrogens is 380 g/mol. The molecule has 0 heterocycles. The lowest BCUT2D eigenvalue weighted by Gasteiger charge is -2.55. The maximum absolute atomic E-state index is 13.8. The first kappa shape index (κ1) is 25.1. The third-order valence-electron chi connectivity index (χ3n) is 9.66. The Hall–Kier alpha value is -0.530. The first-order valence-corrected chi connectivity index (χ1v) is 14.3. The second kappa shape index (κ2) is 12.6. The molecule has 180 valence electrons. The van der Waals surface area contributed by atoms with Gasteiger partial charge in [-0.25, -0.2) is 0 Å². The zero-order valence-corrected chi connectivity index (χ0v) is 21.0. The zero-order valence-electron chi connectivity index (χ0n) is 21.0. The lowest BCUT2D eigenvalue weighted by Crippen LogP contribution is -2.52. The van der Waals surface area contributed by atoms with Crippen molar-refractivity contribution in [3.63, 3.8) is 0 Å². The maximum Gasteiger partial charge on any atom is 0.312 e. The molecule has 0 spiro atoms. The summed E-state index contributed by atoms with van der Waals surface area (Å²) in [6, 6.07) is 0. The molecule has 0 atom stereocenters. The van der Waals surface area contributed by atoms with Crippen molar-refractivity contribution in [3.8, 4) is 0 Å². The minimum Gasteiger partial charge on any atom is -0.465 e. The highest BCUT2D eigenvalue weighted by molar-refractivity contribution is 5.78. The smallest absolute Gasteiger partial charge is 0.312 e. The minimum atomic E-state index is -0.178. The molecule has 0 aromatic heterocycles. The van der Waals surface area contributed by atoms with Gasteiger partial charge in [-0.2, -0.15) is 0 Å². The van der Waals surface area contributed by atoms with E-state index < -0.39 is 0 Å². The van der Waals surface area contributed by atoms with Crippen molar-refractivity contribution >= 4 is 5.97 Å². The summed E-state index contributed by atoms with van der Waals surface area (Å²) in [7, 11) is 0. The van der Waals surface area contributed by atoms with Gasteiger partial charge in [0.25, 0.3) is 0 Å². The normalized spacial score (nSPS) is 29.5. The second-order valence-electron chi connectivity index (χ2n) is 11.5. The van der Waals surface area contributed by atoms with Gasteiger partial charge in [0.05, 0.1) is 12.0 Å². The monoisotopic (exact) mass is 432 g/mol. The summed E-state index contributed by atoms with van der Waals surface area (Å²) in [5, 5.41) is 0. The molecule has 0 aliphatic heterocycles. The Labute approximate surface area is 193 Å². The summed E-state index contributed by atoms with van der Waals surface area (Å²) in [5.74, 6) is 2.11. The molecule has 0 radical (unpaired) electrons. The van der Waals surface area contributed by atoms with Crippen molar-refractivity contribution in [1.29, 1.82) is 0 Å². The van der Waals surface area contributed by atoms with Crippen LogP contribution >= 0.6 is 0 Å². The van der Waals surface area contributed by atoms with E-state index in [2.05, 4.69) is 13.8 Å². The van der Waals surface area contributed by atoms with Gasteiger partial charge in [-0.15, -0.1) is 0 Å². The van der Waals surface area contributed by atoms with Crippen LogP contribution in [0.25, 0.3) is 0 Å². The van der Waals surface area contributed by atoms with Crippen LogP contribution in [-0.2, 0) is 9.53 Å². The molecule has 0 bridgehead atoms. The van der Waals surface area contributed by atoms with Crippen molar-refractivity contribution in [2.24, 2.45) is 22.7 Å². The van der Waals surface area contributed by atoms with Crippen LogP contribution in [0.15, 0.2) is 0 Å². The molecule has 3 aliphatic rings. The number of rotatable bonds is 11. The fourth-order valence-corrected chi connectivity index (χ4v) is 7.71. The summed E-state index contributed by atoms with van der Waals surface area (Å²) in [6.07, 6.45) is 27.1. The minimum absolute atomic E-state index is 0.178. The summed E-state index contributed by atoms with van der Waals surface area (Å²) in [4.78, 5) is 13.8. The van der Waals surface area contributed by atoms with E-state index in [4.69, 9.17) is 4.74 Å². The Morgan fingerprint density at radius 3 is 1.94 bits per heavy atom. The summed E-state index contributed by atoms with van der Waals surface area (Å²) in [5.41, 5.74) is 0.0400. The standard InChI is InChI=1S/C29H52O2/c1-3-5-11-19-28(22-17-26(18-23-28)25-15-9-7-10-16-25)29(20-12-8-13-21-29)27(30)31-24-14-6-4-2/h25-26H,3-24H2,1-2H3. The van der Waals surface area contributed by atoms with E-state index in [1.807, 2.05) is 0 Å². The SMILES string of the molecule is CCCCCOC(=O)C1(C2(CCCCC)CCC(C3CCCCC3)CC2)CCCCC1. The molecule has 3 saturated carbocycles. The van der Waals surface area contributed by atoms with E-state index in [1.165, 1.54) is 116 Å². The molecule has 3 rings (SSSR count). The van der Waals surface area contributed by atoms with Crippen LogP contribution in [-0.4, -0.2) is 12.6 Å². The van der Waals surface area contributed by atoms with Gasteiger partial charge >= 0.3 is 5.97 Å². The number of unbranched alkanes of at least 4 members (excludes halogenated alkanes) is 4. The quantitative estimate of drug-likeness (QED) is 0.240. The van der Waals surface area contributed by atoms with Crippen LogP contribution in [0, 0.1) is 22.7 Å².